The van der Waals surface area contributed by atoms with Gasteiger partial charge in [-0.3, -0.25) is 0 Å². The fourth-order valence-corrected chi connectivity index (χ4v) is 6.00. The second-order valence-corrected chi connectivity index (χ2v) is 30.3. The van der Waals surface area contributed by atoms with Crippen molar-refractivity contribution < 1.29 is 9.53 Å². The number of esters is 1. The Hall–Kier alpha value is 0.867. The fraction of sp³-hybridized carbons (Fsp3) is 0.842. The zero-order chi connectivity index (χ0) is 19.0. The maximum absolute atomic E-state index is 11.1. The van der Waals surface area contributed by atoms with Crippen molar-refractivity contribution in [2.75, 3.05) is 0 Å². The minimum Gasteiger partial charge on any atom is -0.460 e. The third-order valence-corrected chi connectivity index (χ3v) is 8.79. The molecule has 0 amide bonds. The van der Waals surface area contributed by atoms with Gasteiger partial charge in [0.15, 0.2) is 0 Å². The van der Waals surface area contributed by atoms with Crippen molar-refractivity contribution >= 4 is 55.8 Å². The quantitative estimate of drug-likeness (QED) is 0.0586. The van der Waals surface area contributed by atoms with E-state index in [4.69, 9.17) is 4.74 Å². The van der Waals surface area contributed by atoms with Crippen molar-refractivity contribution in [3.63, 3.8) is 0 Å². The van der Waals surface area contributed by atoms with Crippen LogP contribution >= 0.6 is 45.9 Å². The minimum absolute atomic E-state index is 0.0165. The fourth-order valence-electron chi connectivity index (χ4n) is 2.83. The van der Waals surface area contributed by atoms with Crippen molar-refractivity contribution in [2.45, 2.75) is 103 Å². The van der Waals surface area contributed by atoms with Gasteiger partial charge in [-0.2, -0.15) is 0 Å². The van der Waals surface area contributed by atoms with Gasteiger partial charge in [0, 0.05) is 6.08 Å². The van der Waals surface area contributed by atoms with E-state index in [1.807, 2.05) is 6.92 Å². The standard InChI is InChI=1S/C19H35Br3O2Si/c1-3-19(23)24-18(2)16-14-12-10-8-6-4-5-7-9-11-13-15-17-25(20,21)22/h3,18H,1,4-17H2,2H3. The van der Waals surface area contributed by atoms with Crippen molar-refractivity contribution in [2.24, 2.45) is 0 Å². The predicted octanol–water partition coefficient (Wildman–Crippen LogP) is 8.30. The molecule has 0 aliphatic rings. The molecule has 2 nitrogen and oxygen atoms in total. The molecule has 0 aromatic heterocycles. The van der Waals surface area contributed by atoms with E-state index in [1.54, 1.807) is 0 Å². The molecule has 6 heteroatoms. The molecule has 1 atom stereocenters. The highest BCUT2D eigenvalue weighted by Gasteiger charge is 2.20. The molecular formula is C19H35Br3O2Si. The largest absolute Gasteiger partial charge is 0.460 e. The Labute approximate surface area is 179 Å². The van der Waals surface area contributed by atoms with E-state index in [2.05, 4.69) is 52.5 Å². The summed E-state index contributed by atoms with van der Waals surface area (Å²) in [7, 11) is 0. The van der Waals surface area contributed by atoms with Crippen LogP contribution in [0.4, 0.5) is 0 Å². The van der Waals surface area contributed by atoms with Crippen LogP contribution in [0.5, 0.6) is 0 Å². The lowest BCUT2D eigenvalue weighted by molar-refractivity contribution is -0.142. The average Bonchev–Trinajstić information content (AvgIpc) is 2.53. The zero-order valence-electron chi connectivity index (χ0n) is 15.7. The van der Waals surface area contributed by atoms with E-state index < -0.39 is 3.93 Å². The molecule has 0 N–H and O–H groups in total. The van der Waals surface area contributed by atoms with Crippen LogP contribution in [0, 0.1) is 0 Å². The summed E-state index contributed by atoms with van der Waals surface area (Å²) in [6, 6.07) is 1.25. The van der Waals surface area contributed by atoms with Crippen LogP contribution in [0.3, 0.4) is 0 Å². The van der Waals surface area contributed by atoms with Crippen LogP contribution in [-0.2, 0) is 9.53 Å². The summed E-state index contributed by atoms with van der Waals surface area (Å²) in [5.74, 6) is -0.308. The van der Waals surface area contributed by atoms with Crippen molar-refractivity contribution in [1.29, 1.82) is 0 Å². The monoisotopic (exact) mass is 560 g/mol. The second kappa shape index (κ2) is 17.0. The lowest BCUT2D eigenvalue weighted by atomic mass is 10.0. The molecule has 0 aromatic carbocycles. The topological polar surface area (TPSA) is 26.3 Å². The Bertz CT molecular complexity index is 346. The van der Waals surface area contributed by atoms with Crippen molar-refractivity contribution in [3.05, 3.63) is 12.7 Å². The molecule has 25 heavy (non-hydrogen) atoms. The highest BCUT2D eigenvalue weighted by Crippen LogP contribution is 2.33. The summed E-state index contributed by atoms with van der Waals surface area (Å²) in [5.41, 5.74) is 0. The van der Waals surface area contributed by atoms with Crippen LogP contribution in [-0.4, -0.2) is 16.0 Å². The third kappa shape index (κ3) is 21.0. The molecule has 0 saturated carbocycles. The summed E-state index contributed by atoms with van der Waals surface area (Å²) in [6.07, 6.45) is 18.2. The first-order valence-electron chi connectivity index (χ1n) is 9.75. The van der Waals surface area contributed by atoms with E-state index >= 15 is 0 Å². The van der Waals surface area contributed by atoms with Gasteiger partial charge in [-0.05, 0) is 25.8 Å². The highest BCUT2D eigenvalue weighted by molar-refractivity contribution is 9.72. The SMILES string of the molecule is C=CC(=O)OC(C)CCCCCCCCCCCCCC[Si](Br)(Br)Br. The molecule has 1 unspecified atom stereocenters. The molecule has 148 valence electrons. The van der Waals surface area contributed by atoms with E-state index in [1.165, 1.54) is 82.7 Å². The van der Waals surface area contributed by atoms with Gasteiger partial charge in [0.2, 0.25) is 0 Å². The van der Waals surface area contributed by atoms with Gasteiger partial charge < -0.3 is 4.74 Å². The van der Waals surface area contributed by atoms with Crippen LogP contribution < -0.4 is 0 Å². The Morgan fingerprint density at radius 3 is 1.68 bits per heavy atom. The molecule has 0 aliphatic heterocycles. The average molecular weight is 563 g/mol. The lowest BCUT2D eigenvalue weighted by Crippen LogP contribution is -2.12. The van der Waals surface area contributed by atoms with Gasteiger partial charge in [0.1, 0.15) is 0 Å². The predicted molar refractivity (Wildman–Crippen MR) is 123 cm³/mol. The normalized spacial score (nSPS) is 12.8. The van der Waals surface area contributed by atoms with Gasteiger partial charge in [-0.15, -0.1) is 0 Å². The maximum Gasteiger partial charge on any atom is 0.330 e. The van der Waals surface area contributed by atoms with Gasteiger partial charge in [0.05, 0.1) is 6.10 Å². The van der Waals surface area contributed by atoms with Gasteiger partial charge in [-0.1, -0.05) is 123 Å². The van der Waals surface area contributed by atoms with Crippen LogP contribution in [0.1, 0.15) is 90.4 Å². The van der Waals surface area contributed by atoms with Gasteiger partial charge in [-0.25, -0.2) is 4.79 Å². The highest BCUT2D eigenvalue weighted by atomic mass is 80.0. The van der Waals surface area contributed by atoms with Crippen LogP contribution in [0.2, 0.25) is 6.04 Å². The molecule has 0 radical (unpaired) electrons. The molecule has 0 fully saturated rings. The second-order valence-electron chi connectivity index (χ2n) is 6.85. The first-order chi connectivity index (χ1) is 11.8. The first kappa shape index (κ1) is 25.9. The molecule has 0 rings (SSSR count). The van der Waals surface area contributed by atoms with Crippen molar-refractivity contribution in [3.8, 4) is 0 Å². The third-order valence-electron chi connectivity index (χ3n) is 4.30. The molecule has 0 aliphatic carbocycles. The van der Waals surface area contributed by atoms with E-state index in [0.29, 0.717) is 0 Å². The number of halogens is 3. The molecule has 0 bridgehead atoms. The minimum atomic E-state index is -1.36. The number of carbonyl (C=O) groups is 1. The van der Waals surface area contributed by atoms with Gasteiger partial charge >= 0.3 is 5.97 Å². The Morgan fingerprint density at radius 2 is 1.28 bits per heavy atom. The lowest BCUT2D eigenvalue weighted by Gasteiger charge is -2.11. The number of ether oxygens (including phenoxy) is 1. The van der Waals surface area contributed by atoms with E-state index in [-0.39, 0.29) is 12.1 Å². The number of hydrogen-bond donors (Lipinski definition) is 0. The molecule has 0 heterocycles. The van der Waals surface area contributed by atoms with E-state index in [0.717, 1.165) is 12.8 Å². The summed E-state index contributed by atoms with van der Waals surface area (Å²) in [4.78, 5) is 11.1. The van der Waals surface area contributed by atoms with Crippen LogP contribution in [0.25, 0.3) is 0 Å². The van der Waals surface area contributed by atoms with E-state index in [9.17, 15) is 4.79 Å². The summed E-state index contributed by atoms with van der Waals surface area (Å²) in [6.45, 7) is 5.37. The number of carbonyl (C=O) groups excluding carboxylic acids is 1. The van der Waals surface area contributed by atoms with Crippen molar-refractivity contribution in [1.82, 2.24) is 0 Å². The molecule has 0 aromatic rings. The Balaban J connectivity index is 3.19. The Morgan fingerprint density at radius 1 is 0.880 bits per heavy atom. The smallest absolute Gasteiger partial charge is 0.330 e. The molecule has 0 saturated heterocycles. The number of unbranched alkanes of at least 4 members (excludes halogenated alkanes) is 11. The molecular weight excluding hydrogens is 528 g/mol. The summed E-state index contributed by atoms with van der Waals surface area (Å²) < 4.78 is 3.80. The first-order valence-corrected chi connectivity index (χ1v) is 18.7. The van der Waals surface area contributed by atoms with Gasteiger partial charge in [0.25, 0.3) is 3.93 Å². The summed E-state index contributed by atoms with van der Waals surface area (Å²) in [5, 5.41) is 0. The summed E-state index contributed by atoms with van der Waals surface area (Å²) >= 11 is 11.0. The zero-order valence-corrected chi connectivity index (χ0v) is 21.5. The Kier molecular flexibility index (Phi) is 17.6. The number of hydrogen-bond acceptors (Lipinski definition) is 2. The van der Waals surface area contributed by atoms with Crippen LogP contribution in [0.15, 0.2) is 12.7 Å². The number of rotatable bonds is 17. The maximum atomic E-state index is 11.1. The molecule has 0 spiro atoms.